The van der Waals surface area contributed by atoms with Gasteiger partial charge in [0.2, 0.25) is 0 Å². The zero-order chi connectivity index (χ0) is 23.2. The highest BCUT2D eigenvalue weighted by atomic mass is 19.1. The van der Waals surface area contributed by atoms with Gasteiger partial charge in [-0.15, -0.1) is 0 Å². The van der Waals surface area contributed by atoms with Crippen LogP contribution in [0, 0.1) is 5.82 Å². The molecule has 34 heavy (non-hydrogen) atoms. The highest BCUT2D eigenvalue weighted by Crippen LogP contribution is 2.39. The number of hydrogen-bond acceptors (Lipinski definition) is 5. The van der Waals surface area contributed by atoms with Crippen molar-refractivity contribution >= 4 is 32.8 Å². The van der Waals surface area contributed by atoms with Crippen LogP contribution in [0.2, 0.25) is 0 Å². The van der Waals surface area contributed by atoms with E-state index in [9.17, 15) is 4.39 Å². The Hall–Kier alpha value is -4.52. The molecule has 0 N–H and O–H groups in total. The summed E-state index contributed by atoms with van der Waals surface area (Å²) in [6.07, 6.45) is 3.52. The molecule has 3 heterocycles. The van der Waals surface area contributed by atoms with Crippen LogP contribution in [-0.4, -0.2) is 33.7 Å². The lowest BCUT2D eigenvalue weighted by Crippen LogP contribution is -2.00. The molecule has 3 aromatic heterocycles. The molecular formula is C27H19FN4O2. The Morgan fingerprint density at radius 1 is 0.735 bits per heavy atom. The van der Waals surface area contributed by atoms with Crippen molar-refractivity contribution in [1.29, 1.82) is 0 Å². The highest BCUT2D eigenvalue weighted by molar-refractivity contribution is 6.21. The van der Waals surface area contributed by atoms with Gasteiger partial charge in [-0.1, -0.05) is 0 Å². The van der Waals surface area contributed by atoms with Gasteiger partial charge in [0.25, 0.3) is 0 Å². The summed E-state index contributed by atoms with van der Waals surface area (Å²) < 4.78 is 26.9. The molecule has 166 valence electrons. The second-order valence-electron chi connectivity index (χ2n) is 7.84. The van der Waals surface area contributed by atoms with Crippen LogP contribution in [0.3, 0.4) is 0 Å². The van der Waals surface area contributed by atoms with E-state index in [-0.39, 0.29) is 5.82 Å². The van der Waals surface area contributed by atoms with Gasteiger partial charge in [0.05, 0.1) is 42.0 Å². The SMILES string of the molecule is COc1cc(OC)cc(-n2c(-c3ccc(F)cc3)nc3c4cccnc4c4ncccc4c32)c1. The van der Waals surface area contributed by atoms with E-state index in [1.165, 1.54) is 12.1 Å². The molecule has 3 aromatic carbocycles. The lowest BCUT2D eigenvalue weighted by Gasteiger charge is -2.14. The van der Waals surface area contributed by atoms with Gasteiger partial charge in [0.1, 0.15) is 23.1 Å². The van der Waals surface area contributed by atoms with Crippen LogP contribution in [-0.2, 0) is 0 Å². The van der Waals surface area contributed by atoms with E-state index < -0.39 is 0 Å². The molecule has 0 aliphatic heterocycles. The van der Waals surface area contributed by atoms with Crippen LogP contribution in [0.5, 0.6) is 11.5 Å². The molecule has 0 bridgehead atoms. The third kappa shape index (κ3) is 3.05. The van der Waals surface area contributed by atoms with Crippen molar-refractivity contribution in [2.45, 2.75) is 0 Å². The van der Waals surface area contributed by atoms with Crippen molar-refractivity contribution in [3.8, 4) is 28.6 Å². The summed E-state index contributed by atoms with van der Waals surface area (Å²) in [4.78, 5) is 14.3. The molecule has 0 saturated carbocycles. The number of aromatic nitrogens is 4. The Morgan fingerprint density at radius 3 is 2.00 bits per heavy atom. The molecule has 7 heteroatoms. The highest BCUT2D eigenvalue weighted by Gasteiger charge is 2.21. The minimum atomic E-state index is -0.307. The average molecular weight is 450 g/mol. The number of hydrogen-bond donors (Lipinski definition) is 0. The van der Waals surface area contributed by atoms with Gasteiger partial charge in [0, 0.05) is 46.9 Å². The van der Waals surface area contributed by atoms with E-state index in [0.29, 0.717) is 17.3 Å². The van der Waals surface area contributed by atoms with Crippen LogP contribution >= 0.6 is 0 Å². The van der Waals surface area contributed by atoms with E-state index in [4.69, 9.17) is 14.5 Å². The number of rotatable bonds is 4. The van der Waals surface area contributed by atoms with Gasteiger partial charge >= 0.3 is 0 Å². The number of pyridine rings is 2. The normalized spacial score (nSPS) is 11.4. The summed E-state index contributed by atoms with van der Waals surface area (Å²) in [5.74, 6) is 1.64. The average Bonchev–Trinajstić information content (AvgIpc) is 3.30. The predicted molar refractivity (Wildman–Crippen MR) is 130 cm³/mol. The summed E-state index contributed by atoms with van der Waals surface area (Å²) in [6.45, 7) is 0. The maximum Gasteiger partial charge on any atom is 0.145 e. The molecule has 0 radical (unpaired) electrons. The predicted octanol–water partition coefficient (Wildman–Crippen LogP) is 5.95. The van der Waals surface area contributed by atoms with E-state index >= 15 is 0 Å². The standard InChI is InChI=1S/C27H19FN4O2/c1-33-19-13-18(14-20(15-19)34-2)32-26-22-6-4-12-30-24(22)23-21(5-3-11-29-23)25(26)31-27(32)16-7-9-17(28)10-8-16/h3-15H,1-2H3. The molecule has 0 unspecified atom stereocenters. The number of nitrogens with zero attached hydrogens (tertiary/aromatic N) is 4. The maximum atomic E-state index is 13.8. The lowest BCUT2D eigenvalue weighted by molar-refractivity contribution is 0.394. The Morgan fingerprint density at radius 2 is 1.35 bits per heavy atom. The fourth-order valence-corrected chi connectivity index (χ4v) is 4.39. The number of fused-ring (bicyclic) bond motifs is 6. The van der Waals surface area contributed by atoms with Gasteiger partial charge in [-0.2, -0.15) is 0 Å². The summed E-state index contributed by atoms with van der Waals surface area (Å²) >= 11 is 0. The molecule has 0 aliphatic rings. The second-order valence-corrected chi connectivity index (χ2v) is 7.84. The molecule has 6 rings (SSSR count). The van der Waals surface area contributed by atoms with Crippen molar-refractivity contribution in [1.82, 2.24) is 19.5 Å². The Labute approximate surface area is 194 Å². The van der Waals surface area contributed by atoms with Gasteiger partial charge in [-0.3, -0.25) is 14.5 Å². The van der Waals surface area contributed by atoms with Crippen LogP contribution < -0.4 is 9.47 Å². The van der Waals surface area contributed by atoms with Crippen molar-refractivity contribution in [3.05, 3.63) is 84.9 Å². The number of halogens is 1. The van der Waals surface area contributed by atoms with Crippen molar-refractivity contribution in [2.75, 3.05) is 14.2 Å². The van der Waals surface area contributed by atoms with E-state index in [1.54, 1.807) is 38.7 Å². The molecule has 0 atom stereocenters. The second kappa shape index (κ2) is 7.81. The van der Waals surface area contributed by atoms with Crippen molar-refractivity contribution in [3.63, 3.8) is 0 Å². The maximum absolute atomic E-state index is 13.8. The Balaban J connectivity index is 1.84. The lowest BCUT2D eigenvalue weighted by atomic mass is 10.1. The molecule has 0 fully saturated rings. The van der Waals surface area contributed by atoms with Gasteiger partial charge in [-0.25, -0.2) is 9.37 Å². The molecule has 0 saturated heterocycles. The molecule has 0 amide bonds. The van der Waals surface area contributed by atoms with Crippen LogP contribution in [0.25, 0.3) is 49.9 Å². The Bertz CT molecular complexity index is 1670. The zero-order valence-electron chi connectivity index (χ0n) is 18.5. The number of methoxy groups -OCH3 is 2. The first-order chi connectivity index (χ1) is 16.7. The third-order valence-electron chi connectivity index (χ3n) is 5.92. The molecule has 6 aromatic rings. The smallest absolute Gasteiger partial charge is 0.145 e. The zero-order valence-corrected chi connectivity index (χ0v) is 18.5. The molecule has 0 spiro atoms. The number of imidazole rings is 1. The quantitative estimate of drug-likeness (QED) is 0.311. The van der Waals surface area contributed by atoms with Crippen molar-refractivity contribution in [2.24, 2.45) is 0 Å². The third-order valence-corrected chi connectivity index (χ3v) is 5.92. The van der Waals surface area contributed by atoms with Gasteiger partial charge in [-0.05, 0) is 48.5 Å². The topological polar surface area (TPSA) is 62.1 Å². The number of benzene rings is 3. The first-order valence-corrected chi connectivity index (χ1v) is 10.7. The minimum Gasteiger partial charge on any atom is -0.497 e. The largest absolute Gasteiger partial charge is 0.497 e. The van der Waals surface area contributed by atoms with Crippen molar-refractivity contribution < 1.29 is 13.9 Å². The summed E-state index contributed by atoms with van der Waals surface area (Å²) in [5, 5.41) is 1.80. The van der Waals surface area contributed by atoms with Gasteiger partial charge in [0.15, 0.2) is 0 Å². The summed E-state index contributed by atoms with van der Waals surface area (Å²) in [7, 11) is 3.23. The van der Waals surface area contributed by atoms with Gasteiger partial charge < -0.3 is 9.47 Å². The first kappa shape index (κ1) is 20.1. The fourth-order valence-electron chi connectivity index (χ4n) is 4.39. The van der Waals surface area contributed by atoms with E-state index in [2.05, 4.69) is 9.97 Å². The fraction of sp³-hybridized carbons (Fsp3) is 0.0741. The summed E-state index contributed by atoms with van der Waals surface area (Å²) in [5.41, 5.74) is 4.79. The first-order valence-electron chi connectivity index (χ1n) is 10.7. The van der Waals surface area contributed by atoms with E-state index in [1.807, 2.05) is 47.0 Å². The van der Waals surface area contributed by atoms with Crippen LogP contribution in [0.4, 0.5) is 4.39 Å². The minimum absolute atomic E-state index is 0.307. The molecule has 6 nitrogen and oxygen atoms in total. The molecular weight excluding hydrogens is 431 g/mol. The van der Waals surface area contributed by atoms with Crippen LogP contribution in [0.1, 0.15) is 0 Å². The van der Waals surface area contributed by atoms with Crippen LogP contribution in [0.15, 0.2) is 79.1 Å². The molecule has 0 aliphatic carbocycles. The summed E-state index contributed by atoms with van der Waals surface area (Å²) in [6, 6.07) is 19.8. The Kier molecular flexibility index (Phi) is 4.62. The monoisotopic (exact) mass is 450 g/mol. The van der Waals surface area contributed by atoms with E-state index in [0.717, 1.165) is 44.1 Å². The number of ether oxygens (including phenoxy) is 2.